The molecular weight excluding hydrogens is 132 g/mol. The van der Waals surface area contributed by atoms with Gasteiger partial charge in [-0.25, -0.2) is 0 Å². The zero-order valence-corrected chi connectivity index (χ0v) is 6.13. The van der Waals surface area contributed by atoms with Crippen LogP contribution in [-0.2, 0) is 4.84 Å². The van der Waals surface area contributed by atoms with Crippen molar-refractivity contribution in [1.29, 1.82) is 0 Å². The molecule has 3 N–H and O–H groups in total. The second-order valence-corrected chi connectivity index (χ2v) is 2.38. The third kappa shape index (κ3) is 1.91. The van der Waals surface area contributed by atoms with Gasteiger partial charge in [0.25, 0.3) is 0 Å². The standard InChI is InChI=1S/C6H14N2O2/c1-2-10-8-5-3-7-4-6(5)9/h5-9H,2-4H2,1H3. The first-order valence-corrected chi connectivity index (χ1v) is 3.60. The van der Waals surface area contributed by atoms with Crippen LogP contribution >= 0.6 is 0 Å². The van der Waals surface area contributed by atoms with Gasteiger partial charge in [0.05, 0.1) is 18.8 Å². The molecule has 0 radical (unpaired) electrons. The fourth-order valence-electron chi connectivity index (χ4n) is 0.976. The van der Waals surface area contributed by atoms with Crippen molar-refractivity contribution in [2.24, 2.45) is 0 Å². The van der Waals surface area contributed by atoms with Crippen LogP contribution in [0.3, 0.4) is 0 Å². The van der Waals surface area contributed by atoms with Crippen LogP contribution in [-0.4, -0.2) is 36.9 Å². The molecule has 0 aliphatic carbocycles. The van der Waals surface area contributed by atoms with E-state index in [1.54, 1.807) is 0 Å². The SMILES string of the molecule is CCONC1CNCC1O. The van der Waals surface area contributed by atoms with Crippen LogP contribution in [0.15, 0.2) is 0 Å². The number of rotatable bonds is 3. The van der Waals surface area contributed by atoms with E-state index in [0.717, 1.165) is 6.54 Å². The van der Waals surface area contributed by atoms with Gasteiger partial charge in [-0.2, -0.15) is 5.48 Å². The van der Waals surface area contributed by atoms with Gasteiger partial charge in [-0.05, 0) is 6.92 Å². The molecule has 1 aliphatic rings. The molecule has 1 aliphatic heterocycles. The zero-order valence-electron chi connectivity index (χ0n) is 6.13. The third-order valence-corrected chi connectivity index (χ3v) is 1.56. The summed E-state index contributed by atoms with van der Waals surface area (Å²) in [4.78, 5) is 4.94. The topological polar surface area (TPSA) is 53.5 Å². The molecule has 4 nitrogen and oxygen atoms in total. The Labute approximate surface area is 60.5 Å². The maximum atomic E-state index is 9.21. The van der Waals surface area contributed by atoms with Crippen LogP contribution in [0.4, 0.5) is 0 Å². The smallest absolute Gasteiger partial charge is 0.0852 e. The lowest BCUT2D eigenvalue weighted by Crippen LogP contribution is -2.38. The molecule has 1 heterocycles. The first-order valence-electron chi connectivity index (χ1n) is 3.60. The zero-order chi connectivity index (χ0) is 7.40. The number of nitrogens with one attached hydrogen (secondary N) is 2. The molecule has 60 valence electrons. The molecule has 0 aromatic rings. The molecule has 0 aromatic carbocycles. The molecule has 10 heavy (non-hydrogen) atoms. The Morgan fingerprint density at radius 1 is 1.70 bits per heavy atom. The van der Waals surface area contributed by atoms with E-state index in [2.05, 4.69) is 10.8 Å². The Hall–Kier alpha value is -0.160. The van der Waals surface area contributed by atoms with Gasteiger partial charge >= 0.3 is 0 Å². The molecule has 2 atom stereocenters. The highest BCUT2D eigenvalue weighted by molar-refractivity contribution is 4.83. The van der Waals surface area contributed by atoms with Crippen molar-refractivity contribution in [1.82, 2.24) is 10.8 Å². The molecule has 0 saturated carbocycles. The Morgan fingerprint density at radius 2 is 2.50 bits per heavy atom. The molecule has 1 saturated heterocycles. The first kappa shape index (κ1) is 7.94. The van der Waals surface area contributed by atoms with Crippen LogP contribution in [0.25, 0.3) is 0 Å². The van der Waals surface area contributed by atoms with E-state index >= 15 is 0 Å². The quantitative estimate of drug-likeness (QED) is 0.441. The monoisotopic (exact) mass is 146 g/mol. The molecular formula is C6H14N2O2. The third-order valence-electron chi connectivity index (χ3n) is 1.56. The fraction of sp³-hybridized carbons (Fsp3) is 1.00. The van der Waals surface area contributed by atoms with Crippen molar-refractivity contribution in [3.05, 3.63) is 0 Å². The fourth-order valence-corrected chi connectivity index (χ4v) is 0.976. The summed E-state index contributed by atoms with van der Waals surface area (Å²) in [6.45, 7) is 3.97. The second kappa shape index (κ2) is 3.88. The minimum Gasteiger partial charge on any atom is -0.390 e. The minimum atomic E-state index is -0.313. The summed E-state index contributed by atoms with van der Waals surface area (Å²) < 4.78 is 0. The molecule has 0 bridgehead atoms. The van der Waals surface area contributed by atoms with Gasteiger partial charge in [0.1, 0.15) is 0 Å². The van der Waals surface area contributed by atoms with E-state index in [-0.39, 0.29) is 12.1 Å². The van der Waals surface area contributed by atoms with Crippen molar-refractivity contribution in [3.63, 3.8) is 0 Å². The highest BCUT2D eigenvalue weighted by atomic mass is 16.6. The molecule has 4 heteroatoms. The minimum absolute atomic E-state index is 0.0555. The van der Waals surface area contributed by atoms with Crippen LogP contribution in [0.1, 0.15) is 6.92 Å². The van der Waals surface area contributed by atoms with Gasteiger partial charge in [0.15, 0.2) is 0 Å². The highest BCUT2D eigenvalue weighted by Gasteiger charge is 2.24. The van der Waals surface area contributed by atoms with Gasteiger partial charge in [-0.1, -0.05) is 0 Å². The number of hydrogen-bond donors (Lipinski definition) is 3. The lowest BCUT2D eigenvalue weighted by molar-refractivity contribution is -0.000878. The summed E-state index contributed by atoms with van der Waals surface area (Å²) in [6.07, 6.45) is -0.313. The number of aliphatic hydroxyl groups is 1. The maximum Gasteiger partial charge on any atom is 0.0852 e. The van der Waals surface area contributed by atoms with Gasteiger partial charge in [0, 0.05) is 13.1 Å². The van der Waals surface area contributed by atoms with E-state index < -0.39 is 0 Å². The van der Waals surface area contributed by atoms with Crippen molar-refractivity contribution >= 4 is 0 Å². The van der Waals surface area contributed by atoms with Crippen LogP contribution < -0.4 is 10.8 Å². The largest absolute Gasteiger partial charge is 0.390 e. The molecule has 0 aromatic heterocycles. The average molecular weight is 146 g/mol. The van der Waals surface area contributed by atoms with E-state index in [4.69, 9.17) is 4.84 Å². The van der Waals surface area contributed by atoms with Crippen LogP contribution in [0, 0.1) is 0 Å². The Morgan fingerprint density at radius 3 is 3.00 bits per heavy atom. The molecule has 1 rings (SSSR count). The van der Waals surface area contributed by atoms with Crippen molar-refractivity contribution in [2.45, 2.75) is 19.1 Å². The lowest BCUT2D eigenvalue weighted by atomic mass is 10.2. The Bertz CT molecular complexity index is 99.7. The Kier molecular flexibility index (Phi) is 3.08. The van der Waals surface area contributed by atoms with Gasteiger partial charge in [-0.3, -0.25) is 0 Å². The molecule has 0 amide bonds. The predicted molar refractivity (Wildman–Crippen MR) is 37.4 cm³/mol. The summed E-state index contributed by atoms with van der Waals surface area (Å²) in [5.74, 6) is 0. The maximum absolute atomic E-state index is 9.21. The van der Waals surface area contributed by atoms with E-state index in [1.807, 2.05) is 6.92 Å². The predicted octanol–water partition coefficient (Wildman–Crippen LogP) is -1.14. The van der Waals surface area contributed by atoms with Gasteiger partial charge < -0.3 is 15.3 Å². The summed E-state index contributed by atoms with van der Waals surface area (Å²) in [5.41, 5.74) is 2.77. The summed E-state index contributed by atoms with van der Waals surface area (Å²) >= 11 is 0. The summed E-state index contributed by atoms with van der Waals surface area (Å²) in [5, 5.41) is 12.2. The number of aliphatic hydroxyl groups excluding tert-OH is 1. The van der Waals surface area contributed by atoms with Gasteiger partial charge in [0.2, 0.25) is 0 Å². The van der Waals surface area contributed by atoms with Crippen molar-refractivity contribution < 1.29 is 9.94 Å². The van der Waals surface area contributed by atoms with Crippen LogP contribution in [0.5, 0.6) is 0 Å². The highest BCUT2D eigenvalue weighted by Crippen LogP contribution is 1.97. The van der Waals surface area contributed by atoms with E-state index in [0.29, 0.717) is 13.2 Å². The Balaban J connectivity index is 2.14. The molecule has 1 fully saturated rings. The van der Waals surface area contributed by atoms with Crippen molar-refractivity contribution in [2.75, 3.05) is 19.7 Å². The van der Waals surface area contributed by atoms with Crippen LogP contribution in [0.2, 0.25) is 0 Å². The number of β-amino-alcohol motifs (C(OH)–C–C–N with tert-alkyl or cyclic N) is 1. The second-order valence-electron chi connectivity index (χ2n) is 2.38. The number of hydrogen-bond acceptors (Lipinski definition) is 4. The molecule has 2 unspecified atom stereocenters. The lowest BCUT2D eigenvalue weighted by Gasteiger charge is -2.13. The molecule has 0 spiro atoms. The van der Waals surface area contributed by atoms with Crippen molar-refractivity contribution in [3.8, 4) is 0 Å². The van der Waals surface area contributed by atoms with E-state index in [9.17, 15) is 5.11 Å². The number of hydroxylamine groups is 1. The van der Waals surface area contributed by atoms with Gasteiger partial charge in [-0.15, -0.1) is 0 Å². The summed E-state index contributed by atoms with van der Waals surface area (Å²) in [6, 6.07) is 0.0555. The first-order chi connectivity index (χ1) is 4.84. The summed E-state index contributed by atoms with van der Waals surface area (Å²) in [7, 11) is 0. The average Bonchev–Trinajstić information content (AvgIpc) is 2.31. The normalized spacial score (nSPS) is 33.0. The van der Waals surface area contributed by atoms with E-state index in [1.165, 1.54) is 0 Å².